The van der Waals surface area contributed by atoms with E-state index in [4.69, 9.17) is 5.26 Å². The van der Waals surface area contributed by atoms with Crippen molar-refractivity contribution in [1.82, 2.24) is 4.98 Å². The molecule has 0 radical (unpaired) electrons. The van der Waals surface area contributed by atoms with Crippen molar-refractivity contribution in [3.05, 3.63) is 27.9 Å². The zero-order valence-corrected chi connectivity index (χ0v) is 10.2. The van der Waals surface area contributed by atoms with Crippen molar-refractivity contribution in [1.29, 1.82) is 5.26 Å². The number of nitriles is 1. The maximum Gasteiger partial charge on any atom is 0.311 e. The molecule has 94 valence electrons. The van der Waals surface area contributed by atoms with Crippen LogP contribution < -0.4 is 4.90 Å². The van der Waals surface area contributed by atoms with E-state index >= 15 is 0 Å². The minimum Gasteiger partial charge on any atom is -0.347 e. The number of hydrogen-bond acceptors (Lipinski definition) is 5. The first-order valence-electron chi connectivity index (χ1n) is 5.89. The van der Waals surface area contributed by atoms with Gasteiger partial charge < -0.3 is 4.90 Å². The largest absolute Gasteiger partial charge is 0.347 e. The Bertz CT molecular complexity index is 505. The zero-order chi connectivity index (χ0) is 13.1. The molecule has 1 aliphatic carbocycles. The third-order valence-corrected chi connectivity index (χ3v) is 2.91. The van der Waals surface area contributed by atoms with E-state index in [1.54, 1.807) is 6.07 Å². The molecule has 0 bridgehead atoms. The van der Waals surface area contributed by atoms with Crippen molar-refractivity contribution in [3.8, 4) is 6.07 Å². The quantitative estimate of drug-likeness (QED) is 0.587. The summed E-state index contributed by atoms with van der Waals surface area (Å²) >= 11 is 0. The molecule has 1 fully saturated rings. The van der Waals surface area contributed by atoms with Crippen LogP contribution in [0.2, 0.25) is 0 Å². The number of nitrogens with zero attached hydrogens (tertiary/aromatic N) is 4. The van der Waals surface area contributed by atoms with Crippen LogP contribution in [0.5, 0.6) is 0 Å². The van der Waals surface area contributed by atoms with Crippen molar-refractivity contribution < 1.29 is 4.92 Å². The van der Waals surface area contributed by atoms with Crippen LogP contribution in [0.25, 0.3) is 0 Å². The summed E-state index contributed by atoms with van der Waals surface area (Å²) in [5.41, 5.74) is 0.767. The average Bonchev–Trinajstić information content (AvgIpc) is 3.13. The van der Waals surface area contributed by atoms with Gasteiger partial charge in [-0.1, -0.05) is 0 Å². The topological polar surface area (TPSA) is 83.1 Å². The second-order valence-electron chi connectivity index (χ2n) is 4.39. The van der Waals surface area contributed by atoms with Gasteiger partial charge in [0, 0.05) is 24.3 Å². The predicted molar refractivity (Wildman–Crippen MR) is 66.2 cm³/mol. The lowest BCUT2D eigenvalue weighted by atomic mass is 10.3. The molecular weight excluding hydrogens is 232 g/mol. The van der Waals surface area contributed by atoms with Gasteiger partial charge in [0.2, 0.25) is 5.82 Å². The van der Waals surface area contributed by atoms with E-state index in [2.05, 4.69) is 11.1 Å². The van der Waals surface area contributed by atoms with E-state index in [0.29, 0.717) is 24.8 Å². The Kier molecular flexibility index (Phi) is 3.42. The molecule has 0 spiro atoms. The molecule has 0 aliphatic heterocycles. The van der Waals surface area contributed by atoms with Gasteiger partial charge in [-0.3, -0.25) is 10.1 Å². The molecule has 18 heavy (non-hydrogen) atoms. The molecule has 1 heterocycles. The van der Waals surface area contributed by atoms with Crippen LogP contribution in [-0.2, 0) is 0 Å². The summed E-state index contributed by atoms with van der Waals surface area (Å²) in [5.74, 6) is 0.401. The Morgan fingerprint density at radius 2 is 2.33 bits per heavy atom. The lowest BCUT2D eigenvalue weighted by Gasteiger charge is -2.22. The Balaban J connectivity index is 2.36. The number of nitro groups is 1. The molecule has 0 saturated heterocycles. The maximum atomic E-state index is 11.0. The van der Waals surface area contributed by atoms with Crippen LogP contribution in [0.15, 0.2) is 12.1 Å². The normalized spacial score (nSPS) is 14.0. The summed E-state index contributed by atoms with van der Waals surface area (Å²) in [7, 11) is 0. The van der Waals surface area contributed by atoms with Crippen LogP contribution in [0.4, 0.5) is 11.5 Å². The number of aryl methyl sites for hydroxylation is 1. The summed E-state index contributed by atoms with van der Waals surface area (Å²) in [4.78, 5) is 16.8. The van der Waals surface area contributed by atoms with Crippen LogP contribution in [0.1, 0.15) is 25.0 Å². The summed E-state index contributed by atoms with van der Waals surface area (Å²) < 4.78 is 0. The molecule has 6 nitrogen and oxygen atoms in total. The van der Waals surface area contributed by atoms with Gasteiger partial charge in [0.25, 0.3) is 0 Å². The standard InChI is InChI=1S/C12H14N4O2/c1-9-3-6-11(16(17)18)12(14-9)15(8-2-7-13)10-4-5-10/h3,6,10H,2,4-5,8H2,1H3. The Hall–Kier alpha value is -2.16. The Morgan fingerprint density at radius 3 is 2.89 bits per heavy atom. The maximum absolute atomic E-state index is 11.0. The Morgan fingerprint density at radius 1 is 1.61 bits per heavy atom. The smallest absolute Gasteiger partial charge is 0.311 e. The number of rotatable bonds is 5. The van der Waals surface area contributed by atoms with E-state index in [1.165, 1.54) is 6.07 Å². The van der Waals surface area contributed by atoms with Crippen LogP contribution in [0.3, 0.4) is 0 Å². The van der Waals surface area contributed by atoms with Gasteiger partial charge in [0.1, 0.15) is 0 Å². The highest BCUT2D eigenvalue weighted by molar-refractivity contribution is 5.59. The molecule has 1 aliphatic rings. The fraction of sp³-hybridized carbons (Fsp3) is 0.500. The summed E-state index contributed by atoms with van der Waals surface area (Å²) in [5, 5.41) is 19.7. The fourth-order valence-corrected chi connectivity index (χ4v) is 1.91. The van der Waals surface area contributed by atoms with Crippen molar-refractivity contribution in [2.75, 3.05) is 11.4 Å². The molecule has 1 aromatic rings. The first-order valence-corrected chi connectivity index (χ1v) is 5.89. The molecule has 0 amide bonds. The minimum atomic E-state index is -0.413. The molecule has 1 aromatic heterocycles. The molecule has 0 atom stereocenters. The first kappa shape index (κ1) is 12.3. The third kappa shape index (κ3) is 2.56. The van der Waals surface area contributed by atoms with E-state index in [9.17, 15) is 10.1 Å². The van der Waals surface area contributed by atoms with Crippen molar-refractivity contribution in [3.63, 3.8) is 0 Å². The summed E-state index contributed by atoms with van der Waals surface area (Å²) in [6.07, 6.45) is 2.37. The van der Waals surface area contributed by atoms with Crippen LogP contribution in [0, 0.1) is 28.4 Å². The molecule has 0 unspecified atom stereocenters. The average molecular weight is 246 g/mol. The lowest BCUT2D eigenvalue weighted by molar-refractivity contribution is -0.384. The van der Waals surface area contributed by atoms with Gasteiger partial charge in [-0.05, 0) is 25.8 Å². The number of aromatic nitrogens is 1. The van der Waals surface area contributed by atoms with Gasteiger partial charge >= 0.3 is 5.69 Å². The highest BCUT2D eigenvalue weighted by atomic mass is 16.6. The molecule has 0 N–H and O–H groups in total. The van der Waals surface area contributed by atoms with Gasteiger partial charge in [-0.2, -0.15) is 5.26 Å². The monoisotopic (exact) mass is 246 g/mol. The van der Waals surface area contributed by atoms with Crippen molar-refractivity contribution in [2.24, 2.45) is 0 Å². The van der Waals surface area contributed by atoms with Gasteiger partial charge in [-0.25, -0.2) is 4.98 Å². The number of hydrogen-bond donors (Lipinski definition) is 0. The molecule has 0 aromatic carbocycles. The fourth-order valence-electron chi connectivity index (χ4n) is 1.91. The van der Waals surface area contributed by atoms with E-state index in [0.717, 1.165) is 18.5 Å². The highest BCUT2D eigenvalue weighted by Gasteiger charge is 2.33. The van der Waals surface area contributed by atoms with E-state index < -0.39 is 4.92 Å². The van der Waals surface area contributed by atoms with Crippen LogP contribution in [-0.4, -0.2) is 22.5 Å². The Labute approximate surface area is 105 Å². The van der Waals surface area contributed by atoms with E-state index in [1.807, 2.05) is 11.8 Å². The summed E-state index contributed by atoms with van der Waals surface area (Å²) in [6, 6.07) is 5.49. The molecular formula is C12H14N4O2. The second-order valence-corrected chi connectivity index (χ2v) is 4.39. The molecule has 1 saturated carbocycles. The van der Waals surface area contributed by atoms with E-state index in [-0.39, 0.29) is 5.69 Å². The zero-order valence-electron chi connectivity index (χ0n) is 10.2. The second kappa shape index (κ2) is 5.00. The highest BCUT2D eigenvalue weighted by Crippen LogP contribution is 2.35. The lowest BCUT2D eigenvalue weighted by Crippen LogP contribution is -2.28. The van der Waals surface area contributed by atoms with Crippen molar-refractivity contribution in [2.45, 2.75) is 32.2 Å². The van der Waals surface area contributed by atoms with Gasteiger partial charge in [0.05, 0.1) is 17.4 Å². The predicted octanol–water partition coefficient (Wildman–Crippen LogP) is 2.18. The molecule has 6 heteroatoms. The SMILES string of the molecule is Cc1ccc([N+](=O)[O-])c(N(CCC#N)C2CC2)n1. The summed E-state index contributed by atoms with van der Waals surface area (Å²) in [6.45, 7) is 2.31. The van der Waals surface area contributed by atoms with Gasteiger partial charge in [0.15, 0.2) is 0 Å². The molecule has 2 rings (SSSR count). The number of pyridine rings is 1. The van der Waals surface area contributed by atoms with Crippen molar-refractivity contribution >= 4 is 11.5 Å². The van der Waals surface area contributed by atoms with Gasteiger partial charge in [-0.15, -0.1) is 0 Å². The number of anilines is 1. The van der Waals surface area contributed by atoms with Crippen LogP contribution >= 0.6 is 0 Å². The third-order valence-electron chi connectivity index (χ3n) is 2.91. The first-order chi connectivity index (χ1) is 8.63. The minimum absolute atomic E-state index is 0.0189.